The summed E-state index contributed by atoms with van der Waals surface area (Å²) in [6.07, 6.45) is 0. The molecule has 0 saturated carbocycles. The molecule has 1 heterocycles. The fourth-order valence-electron chi connectivity index (χ4n) is 2.38. The van der Waals surface area contributed by atoms with Gasteiger partial charge in [-0.2, -0.15) is 0 Å². The predicted octanol–water partition coefficient (Wildman–Crippen LogP) is 3.97. The van der Waals surface area contributed by atoms with E-state index in [1.54, 1.807) is 17.4 Å². The van der Waals surface area contributed by atoms with Crippen LogP contribution in [0.1, 0.15) is 27.7 Å². The average molecular weight is 295 g/mol. The number of halogens is 1. The molecule has 0 aliphatic heterocycles. The second-order valence-electron chi connectivity index (χ2n) is 5.48. The van der Waals surface area contributed by atoms with E-state index in [0.717, 1.165) is 28.4 Å². The molecule has 0 spiro atoms. The Bertz CT molecular complexity index is 557. The lowest BCUT2D eigenvalue weighted by molar-refractivity contribution is 0.182. The summed E-state index contributed by atoms with van der Waals surface area (Å²) in [5.74, 6) is -0.236. The summed E-state index contributed by atoms with van der Waals surface area (Å²) in [4.78, 5) is 6.84. The van der Waals surface area contributed by atoms with E-state index >= 15 is 0 Å². The molecule has 0 bridgehead atoms. The van der Waals surface area contributed by atoms with Gasteiger partial charge < -0.3 is 5.32 Å². The maximum Gasteiger partial charge on any atom is 0.183 e. The number of benzene rings is 1. The molecule has 1 N–H and O–H groups in total. The molecule has 0 aliphatic carbocycles. The number of hydrogen-bond acceptors (Lipinski definition) is 4. The second-order valence-corrected chi connectivity index (χ2v) is 6.51. The van der Waals surface area contributed by atoms with E-state index in [1.807, 2.05) is 0 Å². The molecule has 3 nitrogen and oxygen atoms in total. The smallest absolute Gasteiger partial charge is 0.183 e. The Morgan fingerprint density at radius 2 is 1.95 bits per heavy atom. The van der Waals surface area contributed by atoms with Crippen LogP contribution in [0.25, 0.3) is 10.2 Å². The zero-order chi connectivity index (χ0) is 14.7. The second kappa shape index (κ2) is 6.50. The Labute approximate surface area is 123 Å². The largest absolute Gasteiger partial charge is 0.360 e. The van der Waals surface area contributed by atoms with Crippen molar-refractivity contribution in [3.8, 4) is 0 Å². The van der Waals surface area contributed by atoms with Gasteiger partial charge in [0.05, 0.1) is 10.2 Å². The number of nitrogens with zero attached hydrogens (tertiary/aromatic N) is 2. The van der Waals surface area contributed by atoms with Crippen molar-refractivity contribution in [2.24, 2.45) is 0 Å². The molecule has 0 atom stereocenters. The Morgan fingerprint density at radius 3 is 2.60 bits per heavy atom. The molecule has 1 aromatic heterocycles. The van der Waals surface area contributed by atoms with Crippen molar-refractivity contribution in [3.63, 3.8) is 0 Å². The van der Waals surface area contributed by atoms with E-state index in [4.69, 9.17) is 0 Å². The number of anilines is 1. The molecule has 0 radical (unpaired) electrons. The van der Waals surface area contributed by atoms with Crippen LogP contribution < -0.4 is 5.32 Å². The molecule has 5 heteroatoms. The standard InChI is InChI=1S/C15H22FN3S/c1-10(2)19(11(3)4)8-7-17-15-18-13-9-12(16)5-6-14(13)20-15/h5-6,9-11H,7-8H2,1-4H3,(H,17,18). The summed E-state index contributed by atoms with van der Waals surface area (Å²) in [5.41, 5.74) is 0.724. The van der Waals surface area contributed by atoms with E-state index in [1.165, 1.54) is 12.1 Å². The minimum absolute atomic E-state index is 0.236. The van der Waals surface area contributed by atoms with Gasteiger partial charge in [-0.15, -0.1) is 0 Å². The molecular weight excluding hydrogens is 273 g/mol. The van der Waals surface area contributed by atoms with Gasteiger partial charge in [0.25, 0.3) is 0 Å². The van der Waals surface area contributed by atoms with E-state index in [0.29, 0.717) is 12.1 Å². The Balaban J connectivity index is 1.95. The van der Waals surface area contributed by atoms with Crippen LogP contribution in [0, 0.1) is 5.82 Å². The van der Waals surface area contributed by atoms with E-state index in [2.05, 4.69) is 42.9 Å². The summed E-state index contributed by atoms with van der Waals surface area (Å²) in [6, 6.07) is 5.79. The van der Waals surface area contributed by atoms with Gasteiger partial charge in [-0.1, -0.05) is 11.3 Å². The van der Waals surface area contributed by atoms with Gasteiger partial charge in [-0.05, 0) is 39.8 Å². The maximum atomic E-state index is 13.1. The number of fused-ring (bicyclic) bond motifs is 1. The summed E-state index contributed by atoms with van der Waals surface area (Å²) < 4.78 is 14.1. The van der Waals surface area contributed by atoms with E-state index < -0.39 is 0 Å². The SMILES string of the molecule is CC(C)N(CCNc1nc2cc(F)ccc2s1)C(C)C. The van der Waals surface area contributed by atoms with Gasteiger partial charge in [0.1, 0.15) is 5.82 Å². The topological polar surface area (TPSA) is 28.2 Å². The highest BCUT2D eigenvalue weighted by atomic mass is 32.1. The minimum atomic E-state index is -0.236. The van der Waals surface area contributed by atoms with Crippen LogP contribution in [0.3, 0.4) is 0 Å². The minimum Gasteiger partial charge on any atom is -0.360 e. The third kappa shape index (κ3) is 3.67. The zero-order valence-electron chi connectivity index (χ0n) is 12.5. The number of rotatable bonds is 6. The van der Waals surface area contributed by atoms with Crippen LogP contribution in [0.5, 0.6) is 0 Å². The van der Waals surface area contributed by atoms with Crippen molar-refractivity contribution in [2.45, 2.75) is 39.8 Å². The van der Waals surface area contributed by atoms with Crippen molar-refractivity contribution >= 4 is 26.7 Å². The van der Waals surface area contributed by atoms with E-state index in [9.17, 15) is 4.39 Å². The van der Waals surface area contributed by atoms with Crippen molar-refractivity contribution < 1.29 is 4.39 Å². The van der Waals surface area contributed by atoms with Gasteiger partial charge in [0, 0.05) is 31.2 Å². The zero-order valence-corrected chi connectivity index (χ0v) is 13.3. The maximum absolute atomic E-state index is 13.1. The molecule has 0 fully saturated rings. The number of nitrogens with one attached hydrogen (secondary N) is 1. The number of thiazole rings is 1. The Hall–Kier alpha value is -1.20. The van der Waals surface area contributed by atoms with Crippen LogP contribution in [0.4, 0.5) is 9.52 Å². The normalized spacial score (nSPS) is 12.0. The first-order valence-corrected chi connectivity index (χ1v) is 7.84. The Kier molecular flexibility index (Phi) is 4.94. The molecular formula is C15H22FN3S. The number of hydrogen-bond donors (Lipinski definition) is 1. The monoisotopic (exact) mass is 295 g/mol. The highest BCUT2D eigenvalue weighted by Crippen LogP contribution is 2.26. The quantitative estimate of drug-likeness (QED) is 0.874. The third-order valence-electron chi connectivity index (χ3n) is 3.32. The lowest BCUT2D eigenvalue weighted by atomic mass is 10.2. The van der Waals surface area contributed by atoms with Crippen LogP contribution >= 0.6 is 11.3 Å². The van der Waals surface area contributed by atoms with Crippen LogP contribution in [0.15, 0.2) is 18.2 Å². The molecule has 2 rings (SSSR count). The van der Waals surface area contributed by atoms with Crippen molar-refractivity contribution in [1.82, 2.24) is 9.88 Å². The molecule has 0 amide bonds. The Morgan fingerprint density at radius 1 is 1.25 bits per heavy atom. The van der Waals surface area contributed by atoms with Crippen LogP contribution in [0.2, 0.25) is 0 Å². The lowest BCUT2D eigenvalue weighted by Crippen LogP contribution is -2.40. The first-order valence-electron chi connectivity index (χ1n) is 7.03. The van der Waals surface area contributed by atoms with Gasteiger partial charge in [-0.25, -0.2) is 9.37 Å². The number of aromatic nitrogens is 1. The third-order valence-corrected chi connectivity index (χ3v) is 4.32. The molecule has 0 unspecified atom stereocenters. The van der Waals surface area contributed by atoms with Crippen molar-refractivity contribution in [2.75, 3.05) is 18.4 Å². The summed E-state index contributed by atoms with van der Waals surface area (Å²) in [5, 5.41) is 4.20. The fourth-order valence-corrected chi connectivity index (χ4v) is 3.25. The van der Waals surface area contributed by atoms with Gasteiger partial charge >= 0.3 is 0 Å². The summed E-state index contributed by atoms with van der Waals surface area (Å²) in [6.45, 7) is 10.7. The fraction of sp³-hybridized carbons (Fsp3) is 0.533. The van der Waals surface area contributed by atoms with Crippen molar-refractivity contribution in [3.05, 3.63) is 24.0 Å². The van der Waals surface area contributed by atoms with Crippen LogP contribution in [-0.4, -0.2) is 35.1 Å². The molecule has 110 valence electrons. The summed E-state index contributed by atoms with van der Waals surface area (Å²) in [7, 11) is 0. The average Bonchev–Trinajstić information content (AvgIpc) is 2.75. The van der Waals surface area contributed by atoms with E-state index in [-0.39, 0.29) is 5.82 Å². The highest BCUT2D eigenvalue weighted by molar-refractivity contribution is 7.22. The van der Waals surface area contributed by atoms with Gasteiger partial charge in [0.2, 0.25) is 0 Å². The molecule has 2 aromatic rings. The lowest BCUT2D eigenvalue weighted by Gasteiger charge is -2.30. The molecule has 20 heavy (non-hydrogen) atoms. The van der Waals surface area contributed by atoms with Gasteiger partial charge in [0.15, 0.2) is 5.13 Å². The van der Waals surface area contributed by atoms with Gasteiger partial charge in [-0.3, -0.25) is 4.90 Å². The molecule has 1 aromatic carbocycles. The molecule has 0 aliphatic rings. The van der Waals surface area contributed by atoms with Crippen molar-refractivity contribution in [1.29, 1.82) is 0 Å². The first kappa shape index (κ1) is 15.2. The highest BCUT2D eigenvalue weighted by Gasteiger charge is 2.12. The summed E-state index contributed by atoms with van der Waals surface area (Å²) >= 11 is 1.57. The van der Waals surface area contributed by atoms with Crippen LogP contribution in [-0.2, 0) is 0 Å². The predicted molar refractivity (Wildman–Crippen MR) is 85.0 cm³/mol. The first-order chi connectivity index (χ1) is 9.47. The molecule has 0 saturated heterocycles.